The van der Waals surface area contributed by atoms with Gasteiger partial charge in [0.15, 0.2) is 0 Å². The normalized spacial score (nSPS) is 17.2. The third-order valence-electron chi connectivity index (χ3n) is 7.14. The van der Waals surface area contributed by atoms with Crippen molar-refractivity contribution in [2.45, 2.75) is 71.2 Å². The second-order valence-electron chi connectivity index (χ2n) is 10.3. The summed E-state index contributed by atoms with van der Waals surface area (Å²) in [6, 6.07) is 10.00. The maximum atomic E-state index is 13.9. The van der Waals surface area contributed by atoms with Crippen molar-refractivity contribution in [3.63, 3.8) is 0 Å². The molecule has 10 heteroatoms. The predicted molar refractivity (Wildman–Crippen MR) is 148 cm³/mol. The van der Waals surface area contributed by atoms with Gasteiger partial charge in [-0.3, -0.25) is 14.4 Å². The number of aliphatic hydroxyl groups excluding tert-OH is 1. The van der Waals surface area contributed by atoms with E-state index in [-0.39, 0.29) is 37.7 Å². The van der Waals surface area contributed by atoms with E-state index in [0.29, 0.717) is 25.9 Å². The number of carbonyl (C=O) groups is 3. The highest BCUT2D eigenvalue weighted by Gasteiger charge is 2.38. The molecule has 0 aromatic heterocycles. The van der Waals surface area contributed by atoms with Gasteiger partial charge in [-0.25, -0.2) is 8.78 Å². The van der Waals surface area contributed by atoms with Crippen LogP contribution < -0.4 is 10.6 Å². The molecule has 0 radical (unpaired) electrons. The zero-order chi connectivity index (χ0) is 29.2. The summed E-state index contributed by atoms with van der Waals surface area (Å²) in [7, 11) is 0. The lowest BCUT2D eigenvalue weighted by atomic mass is 10.00. The molecule has 0 bridgehead atoms. The van der Waals surface area contributed by atoms with Crippen LogP contribution in [0.5, 0.6) is 0 Å². The molecule has 0 aliphatic carbocycles. The Hall–Kier alpha value is -3.37. The zero-order valence-electron chi connectivity index (χ0n) is 23.5. The number of aryl methyl sites for hydroxylation is 1. The van der Waals surface area contributed by atoms with Gasteiger partial charge in [-0.15, -0.1) is 0 Å². The first kappa shape index (κ1) is 31.2. The summed E-state index contributed by atoms with van der Waals surface area (Å²) in [6.07, 6.45) is 1.11. The van der Waals surface area contributed by atoms with E-state index in [4.69, 9.17) is 0 Å². The molecule has 218 valence electrons. The highest BCUT2D eigenvalue weighted by atomic mass is 19.1. The fourth-order valence-corrected chi connectivity index (χ4v) is 5.03. The molecule has 0 saturated carbocycles. The molecule has 1 saturated heterocycles. The van der Waals surface area contributed by atoms with Gasteiger partial charge in [0.1, 0.15) is 18.2 Å². The minimum atomic E-state index is -1.10. The first-order valence-corrected chi connectivity index (χ1v) is 14.0. The minimum absolute atomic E-state index is 0.0384. The SMILES string of the molecule is CCCN1C(=O)C(=O)N(CC(=O)N[C@@H](Cc2cc(F)cc(F)c2)[C@H](O)CNCc2cccc(CC)c2)C[C@H]1CC. The van der Waals surface area contributed by atoms with Crippen LogP contribution in [0.4, 0.5) is 8.78 Å². The third-order valence-corrected chi connectivity index (χ3v) is 7.14. The van der Waals surface area contributed by atoms with Crippen LogP contribution in [0.15, 0.2) is 42.5 Å². The van der Waals surface area contributed by atoms with Crippen LogP contribution in [-0.4, -0.2) is 77.0 Å². The van der Waals surface area contributed by atoms with Crippen molar-refractivity contribution in [1.82, 2.24) is 20.4 Å². The number of nitrogens with one attached hydrogen (secondary N) is 2. The molecule has 3 rings (SSSR count). The Morgan fingerprint density at radius 3 is 2.38 bits per heavy atom. The number of hydrogen-bond acceptors (Lipinski definition) is 5. The molecule has 1 aliphatic heterocycles. The molecule has 1 aliphatic rings. The zero-order valence-corrected chi connectivity index (χ0v) is 23.5. The second kappa shape index (κ2) is 14.9. The highest BCUT2D eigenvalue weighted by Crippen LogP contribution is 2.16. The lowest BCUT2D eigenvalue weighted by Gasteiger charge is -2.40. The van der Waals surface area contributed by atoms with E-state index >= 15 is 0 Å². The Balaban J connectivity index is 1.69. The van der Waals surface area contributed by atoms with E-state index in [1.54, 1.807) is 4.90 Å². The first-order valence-electron chi connectivity index (χ1n) is 14.0. The minimum Gasteiger partial charge on any atom is -0.390 e. The van der Waals surface area contributed by atoms with Crippen LogP contribution in [0.3, 0.4) is 0 Å². The topological polar surface area (TPSA) is 102 Å². The number of aliphatic hydroxyl groups is 1. The van der Waals surface area contributed by atoms with E-state index in [9.17, 15) is 28.3 Å². The highest BCUT2D eigenvalue weighted by molar-refractivity contribution is 6.35. The number of carbonyl (C=O) groups excluding carboxylic acids is 3. The summed E-state index contributed by atoms with van der Waals surface area (Å²) in [4.78, 5) is 41.2. The molecular weight excluding hydrogens is 518 g/mol. The maximum Gasteiger partial charge on any atom is 0.312 e. The van der Waals surface area contributed by atoms with Crippen molar-refractivity contribution in [1.29, 1.82) is 0 Å². The Bertz CT molecular complexity index is 1160. The summed E-state index contributed by atoms with van der Waals surface area (Å²) >= 11 is 0. The van der Waals surface area contributed by atoms with Crippen LogP contribution in [0, 0.1) is 11.6 Å². The smallest absolute Gasteiger partial charge is 0.312 e. The fraction of sp³-hybridized carbons (Fsp3) is 0.500. The molecule has 0 unspecified atom stereocenters. The van der Waals surface area contributed by atoms with Gasteiger partial charge in [0.05, 0.1) is 12.1 Å². The Labute approximate surface area is 234 Å². The number of nitrogens with zero attached hydrogens (tertiary/aromatic N) is 2. The van der Waals surface area contributed by atoms with Crippen molar-refractivity contribution in [3.8, 4) is 0 Å². The fourth-order valence-electron chi connectivity index (χ4n) is 5.03. The number of amides is 3. The van der Waals surface area contributed by atoms with Gasteiger partial charge in [-0.2, -0.15) is 0 Å². The Morgan fingerprint density at radius 2 is 1.73 bits per heavy atom. The van der Waals surface area contributed by atoms with Gasteiger partial charge in [-0.05, 0) is 54.5 Å². The monoisotopic (exact) mass is 558 g/mol. The van der Waals surface area contributed by atoms with Gasteiger partial charge >= 0.3 is 11.8 Å². The summed E-state index contributed by atoms with van der Waals surface area (Å²) in [5, 5.41) is 16.9. The summed E-state index contributed by atoms with van der Waals surface area (Å²) in [6.45, 7) is 6.84. The lowest BCUT2D eigenvalue weighted by Crippen LogP contribution is -2.61. The van der Waals surface area contributed by atoms with E-state index in [1.165, 1.54) is 10.5 Å². The Kier molecular flexibility index (Phi) is 11.6. The van der Waals surface area contributed by atoms with Crippen molar-refractivity contribution < 1.29 is 28.3 Å². The lowest BCUT2D eigenvalue weighted by molar-refractivity contribution is -0.160. The van der Waals surface area contributed by atoms with Crippen LogP contribution in [0.2, 0.25) is 0 Å². The molecule has 2 aromatic rings. The number of piperazine rings is 1. The van der Waals surface area contributed by atoms with E-state index in [2.05, 4.69) is 23.6 Å². The first-order chi connectivity index (χ1) is 19.1. The van der Waals surface area contributed by atoms with Gasteiger partial charge in [0.2, 0.25) is 5.91 Å². The largest absolute Gasteiger partial charge is 0.390 e. The maximum absolute atomic E-state index is 13.9. The van der Waals surface area contributed by atoms with Crippen molar-refractivity contribution >= 4 is 17.7 Å². The standard InChI is InChI=1S/C30H40F2N4O4/c1-4-10-36-25(6-3)18-35(29(39)30(36)40)19-28(38)34-26(14-22-12-23(31)15-24(32)13-22)27(37)17-33-16-21-9-7-8-20(5-2)11-21/h7-9,11-13,15,25-27,33,37H,4-6,10,14,16-19H2,1-3H3,(H,34,38)/t25-,26+,27-/m1/s1. The summed E-state index contributed by atoms with van der Waals surface area (Å²) in [5.74, 6) is -3.47. The molecule has 3 amide bonds. The van der Waals surface area contributed by atoms with Crippen LogP contribution >= 0.6 is 0 Å². The molecule has 0 spiro atoms. The molecular formula is C30H40F2N4O4. The van der Waals surface area contributed by atoms with E-state index in [0.717, 1.165) is 30.2 Å². The molecule has 40 heavy (non-hydrogen) atoms. The second-order valence-corrected chi connectivity index (χ2v) is 10.3. The molecule has 1 heterocycles. The van der Waals surface area contributed by atoms with Crippen molar-refractivity contribution in [3.05, 3.63) is 70.8 Å². The van der Waals surface area contributed by atoms with Gasteiger partial charge in [0, 0.05) is 38.3 Å². The summed E-state index contributed by atoms with van der Waals surface area (Å²) < 4.78 is 27.7. The van der Waals surface area contributed by atoms with Crippen LogP contribution in [-0.2, 0) is 33.8 Å². The van der Waals surface area contributed by atoms with E-state index in [1.807, 2.05) is 32.0 Å². The number of hydrogen-bond donors (Lipinski definition) is 3. The van der Waals surface area contributed by atoms with Crippen LogP contribution in [0.25, 0.3) is 0 Å². The molecule has 8 nitrogen and oxygen atoms in total. The Morgan fingerprint density at radius 1 is 1.02 bits per heavy atom. The quantitative estimate of drug-likeness (QED) is 0.310. The molecule has 2 aromatic carbocycles. The molecule has 3 N–H and O–H groups in total. The number of rotatable bonds is 14. The third kappa shape index (κ3) is 8.56. The molecule has 3 atom stereocenters. The van der Waals surface area contributed by atoms with Gasteiger partial charge in [0.25, 0.3) is 0 Å². The van der Waals surface area contributed by atoms with Gasteiger partial charge in [-0.1, -0.05) is 45.0 Å². The molecule has 1 fully saturated rings. The average molecular weight is 559 g/mol. The predicted octanol–water partition coefficient (Wildman–Crippen LogP) is 2.56. The number of halogens is 2. The summed E-state index contributed by atoms with van der Waals surface area (Å²) in [5.41, 5.74) is 2.49. The van der Waals surface area contributed by atoms with Crippen molar-refractivity contribution in [2.75, 3.05) is 26.2 Å². The van der Waals surface area contributed by atoms with E-state index < -0.39 is 41.5 Å². The van der Waals surface area contributed by atoms with Gasteiger partial charge < -0.3 is 25.5 Å². The number of benzene rings is 2. The average Bonchev–Trinajstić information content (AvgIpc) is 2.92. The van der Waals surface area contributed by atoms with Crippen LogP contribution in [0.1, 0.15) is 50.3 Å². The van der Waals surface area contributed by atoms with Crippen molar-refractivity contribution in [2.24, 2.45) is 0 Å².